The lowest BCUT2D eigenvalue weighted by Crippen LogP contribution is -2.47. The van der Waals surface area contributed by atoms with E-state index in [2.05, 4.69) is 45.6 Å². The van der Waals surface area contributed by atoms with Gasteiger partial charge in [0.05, 0.1) is 47.0 Å². The van der Waals surface area contributed by atoms with E-state index in [0.717, 1.165) is 5.56 Å². The molecule has 0 N–H and O–H groups in total. The summed E-state index contributed by atoms with van der Waals surface area (Å²) in [5.74, 6) is 0.136. The van der Waals surface area contributed by atoms with Crippen LogP contribution in [0.1, 0.15) is 25.8 Å². The van der Waals surface area contributed by atoms with Crippen molar-refractivity contribution in [3.8, 4) is 0 Å². The summed E-state index contributed by atoms with van der Waals surface area (Å²) in [5.41, 5.74) is 1.16. The van der Waals surface area contributed by atoms with Gasteiger partial charge in [0.15, 0.2) is 0 Å². The van der Waals surface area contributed by atoms with Crippen LogP contribution in [-0.4, -0.2) is 40.0 Å². The van der Waals surface area contributed by atoms with Gasteiger partial charge in [0, 0.05) is 0 Å². The van der Waals surface area contributed by atoms with Crippen LogP contribution in [0.5, 0.6) is 0 Å². The molecule has 0 saturated carbocycles. The van der Waals surface area contributed by atoms with Crippen LogP contribution < -0.4 is 0 Å². The van der Waals surface area contributed by atoms with Gasteiger partial charge >= 0.3 is 5.97 Å². The Balaban J connectivity index is 2.06. The first-order valence-electron chi connectivity index (χ1n) is 9.04. The Morgan fingerprint density at radius 3 is 2.44 bits per heavy atom. The predicted octanol–water partition coefficient (Wildman–Crippen LogP) is 4.27. The lowest BCUT2D eigenvalue weighted by atomic mass is 9.87. The monoisotopic (exact) mass is 364 g/mol. The fourth-order valence-corrected chi connectivity index (χ4v) is 6.55. The van der Waals surface area contributed by atoms with Crippen LogP contribution in [-0.2, 0) is 25.6 Å². The summed E-state index contributed by atoms with van der Waals surface area (Å²) in [6, 6.07) is 10.2. The summed E-state index contributed by atoms with van der Waals surface area (Å²) in [6.07, 6.45) is 0.221. The van der Waals surface area contributed by atoms with Crippen molar-refractivity contribution >= 4 is 14.0 Å². The third-order valence-electron chi connectivity index (χ3n) is 6.10. The molecule has 1 heterocycles. The molecule has 0 amide bonds. The minimum atomic E-state index is -1.59. The smallest absolute Gasteiger partial charge is 0.308 e. The molecular formula is C20H32O4Si. The molecule has 0 bridgehead atoms. The van der Waals surface area contributed by atoms with Gasteiger partial charge in [-0.25, -0.2) is 0 Å². The van der Waals surface area contributed by atoms with Crippen molar-refractivity contribution in [2.24, 2.45) is 5.92 Å². The van der Waals surface area contributed by atoms with Gasteiger partial charge in [0.1, 0.15) is 0 Å². The second-order valence-corrected chi connectivity index (χ2v) is 13.8. The van der Waals surface area contributed by atoms with Crippen LogP contribution >= 0.6 is 0 Å². The molecule has 2 rings (SSSR count). The second kappa shape index (κ2) is 8.02. The summed E-state index contributed by atoms with van der Waals surface area (Å²) in [6.45, 7) is 12.7. The number of hydrogen-bond donors (Lipinski definition) is 0. The summed E-state index contributed by atoms with van der Waals surface area (Å²) in [4.78, 5) is 11.9. The summed E-state index contributed by atoms with van der Waals surface area (Å²) in [5, 5.41) is 0.00195. The summed E-state index contributed by atoms with van der Waals surface area (Å²) >= 11 is 0. The maximum Gasteiger partial charge on any atom is 0.308 e. The van der Waals surface area contributed by atoms with Crippen LogP contribution in [0, 0.1) is 5.92 Å². The standard InChI is InChI=1S/C20H32O4Si/c1-15-17(14-23-13-16-10-8-7-9-11-16)24-18(12-19(21)22-3)20(15,2)25(4,5)6/h7-11,15,17-18H,12-14H2,1-6H3/t15-,17-,18-,20+/m1/s1. The van der Waals surface area contributed by atoms with Crippen molar-refractivity contribution in [3.05, 3.63) is 35.9 Å². The fraction of sp³-hybridized carbons (Fsp3) is 0.650. The molecule has 140 valence electrons. The first kappa shape index (κ1) is 20.1. The van der Waals surface area contributed by atoms with Gasteiger partial charge in [-0.3, -0.25) is 4.79 Å². The van der Waals surface area contributed by atoms with E-state index in [4.69, 9.17) is 14.2 Å². The molecule has 0 unspecified atom stereocenters. The van der Waals surface area contributed by atoms with Crippen molar-refractivity contribution < 1.29 is 19.0 Å². The average molecular weight is 365 g/mol. The third-order valence-corrected chi connectivity index (χ3v) is 10.1. The van der Waals surface area contributed by atoms with Crippen LogP contribution in [0.3, 0.4) is 0 Å². The van der Waals surface area contributed by atoms with Crippen LogP contribution in [0.15, 0.2) is 30.3 Å². The zero-order valence-corrected chi connectivity index (χ0v) is 17.4. The van der Waals surface area contributed by atoms with E-state index in [9.17, 15) is 4.79 Å². The van der Waals surface area contributed by atoms with E-state index in [1.54, 1.807) is 0 Å². The Hall–Kier alpha value is -1.17. The molecule has 1 saturated heterocycles. The summed E-state index contributed by atoms with van der Waals surface area (Å²) < 4.78 is 17.2. The normalized spacial score (nSPS) is 29.6. The molecule has 4 nitrogen and oxygen atoms in total. The lowest BCUT2D eigenvalue weighted by molar-refractivity contribution is -0.144. The van der Waals surface area contributed by atoms with E-state index in [0.29, 0.717) is 25.6 Å². The van der Waals surface area contributed by atoms with Crippen LogP contribution in [0.2, 0.25) is 24.7 Å². The predicted molar refractivity (Wildman–Crippen MR) is 102 cm³/mol. The highest BCUT2D eigenvalue weighted by atomic mass is 28.3. The largest absolute Gasteiger partial charge is 0.469 e. The Morgan fingerprint density at radius 2 is 1.88 bits per heavy atom. The SMILES string of the molecule is COC(=O)C[C@H]1O[C@H](COCc2ccccc2)[C@@H](C)[C@]1(C)[Si](C)(C)C. The molecule has 1 aliphatic heterocycles. The molecule has 0 aliphatic carbocycles. The molecule has 0 radical (unpaired) electrons. The Morgan fingerprint density at radius 1 is 1.24 bits per heavy atom. The molecule has 1 aliphatic rings. The van der Waals surface area contributed by atoms with Crippen molar-refractivity contribution in [2.45, 2.75) is 63.8 Å². The van der Waals surface area contributed by atoms with E-state index in [1.807, 2.05) is 18.2 Å². The van der Waals surface area contributed by atoms with Crippen molar-refractivity contribution in [1.29, 1.82) is 0 Å². The van der Waals surface area contributed by atoms with Crippen LogP contribution in [0.4, 0.5) is 0 Å². The van der Waals surface area contributed by atoms with E-state index < -0.39 is 8.07 Å². The van der Waals surface area contributed by atoms with Gasteiger partial charge in [-0.1, -0.05) is 63.8 Å². The molecule has 0 spiro atoms. The Bertz CT molecular complexity index is 569. The Kier molecular flexibility index (Phi) is 6.46. The Labute approximate surface area is 152 Å². The van der Waals surface area contributed by atoms with Crippen molar-refractivity contribution in [2.75, 3.05) is 13.7 Å². The maximum absolute atomic E-state index is 11.9. The number of rotatable bonds is 7. The van der Waals surface area contributed by atoms with E-state index in [-0.39, 0.29) is 23.2 Å². The van der Waals surface area contributed by atoms with E-state index >= 15 is 0 Å². The molecule has 1 aromatic carbocycles. The topological polar surface area (TPSA) is 44.8 Å². The van der Waals surface area contributed by atoms with Gasteiger partial charge in [-0.05, 0) is 16.5 Å². The number of ether oxygens (including phenoxy) is 3. The highest BCUT2D eigenvalue weighted by Crippen LogP contribution is 2.57. The van der Waals surface area contributed by atoms with Gasteiger partial charge in [0.2, 0.25) is 0 Å². The number of methoxy groups -OCH3 is 1. The minimum Gasteiger partial charge on any atom is -0.469 e. The lowest BCUT2D eigenvalue weighted by Gasteiger charge is -2.44. The molecule has 0 aromatic heterocycles. The molecular weight excluding hydrogens is 332 g/mol. The molecule has 1 aromatic rings. The third kappa shape index (κ3) is 4.33. The van der Waals surface area contributed by atoms with Gasteiger partial charge < -0.3 is 14.2 Å². The number of esters is 1. The molecule has 1 fully saturated rings. The quantitative estimate of drug-likeness (QED) is 0.535. The van der Waals surface area contributed by atoms with Gasteiger partial charge in [0.25, 0.3) is 0 Å². The van der Waals surface area contributed by atoms with Gasteiger partial charge in [-0.2, -0.15) is 0 Å². The molecule has 5 heteroatoms. The fourth-order valence-electron chi connectivity index (χ4n) is 3.86. The zero-order chi connectivity index (χ0) is 18.7. The zero-order valence-electron chi connectivity index (χ0n) is 16.4. The minimum absolute atomic E-state index is 0.00195. The van der Waals surface area contributed by atoms with Gasteiger partial charge in [-0.15, -0.1) is 0 Å². The first-order chi connectivity index (χ1) is 11.7. The first-order valence-corrected chi connectivity index (χ1v) is 12.5. The maximum atomic E-state index is 11.9. The average Bonchev–Trinajstić information content (AvgIpc) is 2.81. The number of carbonyl (C=O) groups is 1. The highest BCUT2D eigenvalue weighted by molar-refractivity contribution is 6.79. The molecule has 25 heavy (non-hydrogen) atoms. The van der Waals surface area contributed by atoms with E-state index in [1.165, 1.54) is 7.11 Å². The molecule has 4 atom stereocenters. The van der Waals surface area contributed by atoms with Crippen molar-refractivity contribution in [3.63, 3.8) is 0 Å². The van der Waals surface area contributed by atoms with Crippen LogP contribution in [0.25, 0.3) is 0 Å². The van der Waals surface area contributed by atoms with Crippen molar-refractivity contribution in [1.82, 2.24) is 0 Å². The number of hydrogen-bond acceptors (Lipinski definition) is 4. The summed E-state index contributed by atoms with van der Waals surface area (Å²) in [7, 11) is -0.150. The number of benzene rings is 1. The number of carbonyl (C=O) groups excluding carboxylic acids is 1. The highest BCUT2D eigenvalue weighted by Gasteiger charge is 2.57. The second-order valence-electron chi connectivity index (χ2n) is 8.27.